The largest absolute Gasteiger partial charge is 0.372 e. The van der Waals surface area contributed by atoms with Gasteiger partial charge in [-0.1, -0.05) is 65.2 Å². The first-order valence-electron chi connectivity index (χ1n) is 8.14. The second-order valence-corrected chi connectivity index (χ2v) is 5.65. The van der Waals surface area contributed by atoms with Crippen LogP contribution in [-0.4, -0.2) is 18.9 Å². The minimum atomic E-state index is 0.937. The highest BCUT2D eigenvalue weighted by atomic mass is 15.1. The predicted molar refractivity (Wildman–Crippen MR) is 81.3 cm³/mol. The molecule has 1 atom stereocenters. The molecule has 0 fully saturated rings. The topological polar surface area (TPSA) is 24.4 Å². The van der Waals surface area contributed by atoms with E-state index in [1.54, 1.807) is 0 Å². The molecule has 1 aliphatic heterocycles. The van der Waals surface area contributed by atoms with Gasteiger partial charge in [-0.2, -0.15) is 0 Å². The van der Waals surface area contributed by atoms with Crippen LogP contribution in [0.2, 0.25) is 0 Å². The van der Waals surface area contributed by atoms with Crippen LogP contribution in [0, 0.1) is 5.92 Å². The summed E-state index contributed by atoms with van der Waals surface area (Å²) < 4.78 is 0. The fourth-order valence-electron chi connectivity index (χ4n) is 2.74. The van der Waals surface area contributed by atoms with E-state index in [2.05, 4.69) is 24.2 Å². The van der Waals surface area contributed by atoms with Crippen LogP contribution in [0.1, 0.15) is 78.1 Å². The van der Waals surface area contributed by atoms with E-state index in [9.17, 15) is 0 Å². The zero-order valence-corrected chi connectivity index (χ0v) is 12.5. The molecule has 0 spiro atoms. The quantitative estimate of drug-likeness (QED) is 0.536. The summed E-state index contributed by atoms with van der Waals surface area (Å²) in [5.41, 5.74) is 0. The van der Waals surface area contributed by atoms with Crippen molar-refractivity contribution in [3.63, 3.8) is 0 Å². The van der Waals surface area contributed by atoms with Crippen LogP contribution in [0.4, 0.5) is 0 Å². The van der Waals surface area contributed by atoms with Crippen LogP contribution in [0.3, 0.4) is 0 Å². The zero-order valence-electron chi connectivity index (χ0n) is 12.5. The van der Waals surface area contributed by atoms with E-state index < -0.39 is 0 Å². The van der Waals surface area contributed by atoms with Gasteiger partial charge in [-0.15, -0.1) is 0 Å². The van der Waals surface area contributed by atoms with Crippen LogP contribution in [0.15, 0.2) is 4.99 Å². The summed E-state index contributed by atoms with van der Waals surface area (Å²) in [5, 5.41) is 3.39. The van der Waals surface area contributed by atoms with Gasteiger partial charge >= 0.3 is 0 Å². The molecule has 0 saturated carbocycles. The number of unbranched alkanes of at least 4 members (excludes halogenated alkanes) is 4. The SMILES string of the molecule is CCCCCCC(CCCC)CCC1=NCCN1. The van der Waals surface area contributed by atoms with E-state index in [1.165, 1.54) is 70.0 Å². The van der Waals surface area contributed by atoms with E-state index in [0.717, 1.165) is 19.0 Å². The minimum Gasteiger partial charge on any atom is -0.372 e. The van der Waals surface area contributed by atoms with Crippen molar-refractivity contribution in [1.29, 1.82) is 0 Å². The highest BCUT2D eigenvalue weighted by Gasteiger charge is 2.11. The van der Waals surface area contributed by atoms with Crippen molar-refractivity contribution >= 4 is 5.84 Å². The standard InChI is InChI=1S/C16H32N2/c1-3-5-7-8-10-15(9-6-4-2)11-12-16-17-13-14-18-16/h15H,3-14H2,1-2H3,(H,17,18). The number of rotatable bonds is 11. The average Bonchev–Trinajstić information content (AvgIpc) is 2.90. The molecule has 1 aliphatic rings. The molecule has 0 aliphatic carbocycles. The lowest BCUT2D eigenvalue weighted by atomic mass is 9.91. The average molecular weight is 252 g/mol. The second-order valence-electron chi connectivity index (χ2n) is 5.65. The molecule has 1 heterocycles. The Morgan fingerprint density at radius 2 is 1.78 bits per heavy atom. The lowest BCUT2D eigenvalue weighted by Gasteiger charge is -2.16. The molecule has 0 aromatic rings. The fraction of sp³-hybridized carbons (Fsp3) is 0.938. The molecule has 0 aromatic carbocycles. The Kier molecular flexibility index (Phi) is 8.97. The first-order valence-corrected chi connectivity index (χ1v) is 8.14. The first kappa shape index (κ1) is 15.5. The number of aliphatic imine (C=N–C) groups is 1. The van der Waals surface area contributed by atoms with Crippen molar-refractivity contribution in [1.82, 2.24) is 5.32 Å². The normalized spacial score (nSPS) is 16.4. The lowest BCUT2D eigenvalue weighted by Crippen LogP contribution is -2.19. The molecule has 0 radical (unpaired) electrons. The Labute approximate surface area is 114 Å². The monoisotopic (exact) mass is 252 g/mol. The molecule has 2 nitrogen and oxygen atoms in total. The minimum absolute atomic E-state index is 0.937. The second kappa shape index (κ2) is 10.4. The summed E-state index contributed by atoms with van der Waals surface area (Å²) in [4.78, 5) is 4.50. The van der Waals surface area contributed by atoms with Gasteiger partial charge in [0, 0.05) is 13.0 Å². The highest BCUT2D eigenvalue weighted by Crippen LogP contribution is 2.22. The molecule has 1 rings (SSSR count). The van der Waals surface area contributed by atoms with Crippen LogP contribution in [0.5, 0.6) is 0 Å². The Balaban J connectivity index is 2.16. The van der Waals surface area contributed by atoms with Crippen molar-refractivity contribution in [3.8, 4) is 0 Å². The number of hydrogen-bond donors (Lipinski definition) is 1. The van der Waals surface area contributed by atoms with E-state index in [0.29, 0.717) is 0 Å². The molecular weight excluding hydrogens is 220 g/mol. The maximum atomic E-state index is 4.50. The highest BCUT2D eigenvalue weighted by molar-refractivity contribution is 5.83. The number of nitrogens with one attached hydrogen (secondary N) is 1. The molecule has 18 heavy (non-hydrogen) atoms. The third-order valence-electron chi connectivity index (χ3n) is 3.96. The van der Waals surface area contributed by atoms with Crippen molar-refractivity contribution in [3.05, 3.63) is 0 Å². The van der Waals surface area contributed by atoms with Gasteiger partial charge in [0.25, 0.3) is 0 Å². The summed E-state index contributed by atoms with van der Waals surface area (Å²) >= 11 is 0. The first-order chi connectivity index (χ1) is 8.86. The molecule has 1 unspecified atom stereocenters. The van der Waals surface area contributed by atoms with Crippen molar-refractivity contribution < 1.29 is 0 Å². The molecule has 0 saturated heterocycles. The summed E-state index contributed by atoms with van der Waals surface area (Å²) in [5.74, 6) is 2.21. The third kappa shape index (κ3) is 7.03. The summed E-state index contributed by atoms with van der Waals surface area (Å²) in [6, 6.07) is 0. The number of hydrogen-bond acceptors (Lipinski definition) is 2. The van der Waals surface area contributed by atoms with E-state index in [-0.39, 0.29) is 0 Å². The molecule has 0 amide bonds. The molecular formula is C16H32N2. The van der Waals surface area contributed by atoms with Crippen LogP contribution < -0.4 is 5.32 Å². The molecule has 0 aromatic heterocycles. The van der Waals surface area contributed by atoms with Gasteiger partial charge in [-0.25, -0.2) is 0 Å². The number of amidine groups is 1. The fourth-order valence-corrected chi connectivity index (χ4v) is 2.74. The third-order valence-corrected chi connectivity index (χ3v) is 3.96. The van der Waals surface area contributed by atoms with Crippen LogP contribution in [0.25, 0.3) is 0 Å². The lowest BCUT2D eigenvalue weighted by molar-refractivity contribution is 0.393. The van der Waals surface area contributed by atoms with Crippen molar-refractivity contribution in [2.24, 2.45) is 10.9 Å². The van der Waals surface area contributed by atoms with Crippen molar-refractivity contribution in [2.45, 2.75) is 78.1 Å². The van der Waals surface area contributed by atoms with Gasteiger partial charge in [-0.05, 0) is 12.3 Å². The Morgan fingerprint density at radius 1 is 1.00 bits per heavy atom. The Morgan fingerprint density at radius 3 is 2.44 bits per heavy atom. The van der Waals surface area contributed by atoms with Crippen LogP contribution >= 0.6 is 0 Å². The van der Waals surface area contributed by atoms with Gasteiger partial charge in [0.2, 0.25) is 0 Å². The molecule has 0 bridgehead atoms. The Hall–Kier alpha value is -0.530. The van der Waals surface area contributed by atoms with E-state index in [1.807, 2.05) is 0 Å². The predicted octanol–water partition coefficient (Wildman–Crippen LogP) is 4.55. The maximum absolute atomic E-state index is 4.50. The molecule has 1 N–H and O–H groups in total. The van der Waals surface area contributed by atoms with Gasteiger partial charge in [-0.3, -0.25) is 4.99 Å². The maximum Gasteiger partial charge on any atom is 0.0964 e. The Bertz CT molecular complexity index is 223. The van der Waals surface area contributed by atoms with Gasteiger partial charge < -0.3 is 5.32 Å². The zero-order chi connectivity index (χ0) is 13.1. The summed E-state index contributed by atoms with van der Waals surface area (Å²) in [7, 11) is 0. The van der Waals surface area contributed by atoms with E-state index in [4.69, 9.17) is 0 Å². The van der Waals surface area contributed by atoms with Crippen LogP contribution in [-0.2, 0) is 0 Å². The molecule has 2 heteroatoms. The number of nitrogens with zero attached hydrogens (tertiary/aromatic N) is 1. The van der Waals surface area contributed by atoms with Gasteiger partial charge in [0.05, 0.1) is 12.4 Å². The van der Waals surface area contributed by atoms with Crippen molar-refractivity contribution in [2.75, 3.05) is 13.1 Å². The van der Waals surface area contributed by atoms with Gasteiger partial charge in [0.15, 0.2) is 0 Å². The van der Waals surface area contributed by atoms with Gasteiger partial charge in [0.1, 0.15) is 0 Å². The molecule has 106 valence electrons. The summed E-state index contributed by atoms with van der Waals surface area (Å²) in [6.45, 7) is 6.64. The summed E-state index contributed by atoms with van der Waals surface area (Å²) in [6.07, 6.45) is 13.8. The smallest absolute Gasteiger partial charge is 0.0964 e. The van der Waals surface area contributed by atoms with E-state index >= 15 is 0 Å².